The summed E-state index contributed by atoms with van der Waals surface area (Å²) in [6.45, 7) is 7.36. The van der Waals surface area contributed by atoms with E-state index in [1.165, 1.54) is 0 Å². The van der Waals surface area contributed by atoms with Gasteiger partial charge >= 0.3 is 0 Å². The molecule has 0 amide bonds. The smallest absolute Gasteiger partial charge is 0.207 e. The molecule has 0 aliphatic carbocycles. The lowest BCUT2D eigenvalue weighted by molar-refractivity contribution is 0.212. The number of benzene rings is 1. The number of rotatable bonds is 3. The molecule has 2 atom stereocenters. The van der Waals surface area contributed by atoms with Crippen molar-refractivity contribution in [1.29, 1.82) is 0 Å². The van der Waals surface area contributed by atoms with E-state index in [1.54, 1.807) is 16.4 Å². The lowest BCUT2D eigenvalue weighted by atomic mass is 9.90. The summed E-state index contributed by atoms with van der Waals surface area (Å²) < 4.78 is 27.2. The molecule has 2 rings (SSSR count). The summed E-state index contributed by atoms with van der Waals surface area (Å²) in [5.41, 5.74) is 1.65. The van der Waals surface area contributed by atoms with Crippen LogP contribution in [-0.2, 0) is 15.9 Å². The highest BCUT2D eigenvalue weighted by molar-refractivity contribution is 7.89. The van der Waals surface area contributed by atoms with Crippen molar-refractivity contribution in [3.8, 4) is 0 Å². The summed E-state index contributed by atoms with van der Waals surface area (Å²) in [7, 11) is -3.41. The first-order valence-electron chi connectivity index (χ1n) is 7.02. The van der Waals surface area contributed by atoms with Gasteiger partial charge in [0, 0.05) is 19.0 Å². The molecule has 2 unspecified atom stereocenters. The average Bonchev–Trinajstić information content (AvgIpc) is 2.41. The first kappa shape index (κ1) is 15.8. The molecule has 0 spiro atoms. The van der Waals surface area contributed by atoms with Gasteiger partial charge in [-0.15, -0.1) is 11.6 Å². The van der Waals surface area contributed by atoms with Crippen molar-refractivity contribution in [2.45, 2.75) is 38.0 Å². The topological polar surface area (TPSA) is 37.4 Å². The molecule has 3 nitrogen and oxygen atoms in total. The molecular formula is C15H22ClNO2S. The summed E-state index contributed by atoms with van der Waals surface area (Å²) in [5.74, 6) is 1.31. The minimum absolute atomic E-state index is 0.336. The van der Waals surface area contributed by atoms with E-state index in [9.17, 15) is 8.42 Å². The SMILES string of the molecule is Cc1c(CCl)cccc1S(=O)(=O)N1CCC(C)C(C)C1. The molecule has 20 heavy (non-hydrogen) atoms. The standard InChI is InChI=1S/C15H22ClNO2S/c1-11-7-8-17(10-12(11)2)20(18,19)15-6-4-5-14(9-16)13(15)3/h4-6,11-12H,7-10H2,1-3H3. The number of hydrogen-bond acceptors (Lipinski definition) is 2. The van der Waals surface area contributed by atoms with Crippen molar-refractivity contribution in [3.05, 3.63) is 29.3 Å². The molecule has 1 aliphatic heterocycles. The number of piperidine rings is 1. The minimum Gasteiger partial charge on any atom is -0.207 e. The number of halogens is 1. The van der Waals surface area contributed by atoms with E-state index in [-0.39, 0.29) is 0 Å². The summed E-state index contributed by atoms with van der Waals surface area (Å²) in [6, 6.07) is 5.33. The molecule has 1 aromatic carbocycles. The minimum atomic E-state index is -3.41. The van der Waals surface area contributed by atoms with Gasteiger partial charge in [0.1, 0.15) is 0 Å². The van der Waals surface area contributed by atoms with Gasteiger partial charge in [-0.1, -0.05) is 26.0 Å². The van der Waals surface area contributed by atoms with E-state index >= 15 is 0 Å². The molecular weight excluding hydrogens is 294 g/mol. The van der Waals surface area contributed by atoms with Crippen molar-refractivity contribution in [2.75, 3.05) is 13.1 Å². The van der Waals surface area contributed by atoms with Gasteiger partial charge in [-0.2, -0.15) is 4.31 Å². The van der Waals surface area contributed by atoms with Crippen molar-refractivity contribution in [2.24, 2.45) is 11.8 Å². The molecule has 1 heterocycles. The zero-order chi connectivity index (χ0) is 14.9. The predicted octanol–water partition coefficient (Wildman–Crippen LogP) is 3.40. The lowest BCUT2D eigenvalue weighted by Crippen LogP contribution is -2.42. The second-order valence-corrected chi connectivity index (χ2v) is 7.95. The number of alkyl halides is 1. The number of hydrogen-bond donors (Lipinski definition) is 0. The maximum atomic E-state index is 12.8. The van der Waals surface area contributed by atoms with Crippen molar-refractivity contribution < 1.29 is 8.42 Å². The Morgan fingerprint density at radius 2 is 2.00 bits per heavy atom. The van der Waals surface area contributed by atoms with Crippen LogP contribution in [0.15, 0.2) is 23.1 Å². The largest absolute Gasteiger partial charge is 0.243 e. The van der Waals surface area contributed by atoms with E-state index < -0.39 is 10.0 Å². The Morgan fingerprint density at radius 3 is 2.60 bits per heavy atom. The van der Waals surface area contributed by atoms with Gasteiger partial charge in [0.05, 0.1) is 4.90 Å². The normalized spacial score (nSPS) is 24.8. The fourth-order valence-electron chi connectivity index (χ4n) is 2.67. The Kier molecular flexibility index (Phi) is 4.77. The maximum absolute atomic E-state index is 12.8. The molecule has 0 aromatic heterocycles. The Balaban J connectivity index is 2.36. The average molecular weight is 316 g/mol. The second-order valence-electron chi connectivity index (χ2n) is 5.78. The summed E-state index contributed by atoms with van der Waals surface area (Å²) in [5, 5.41) is 0. The molecule has 0 N–H and O–H groups in total. The third-order valence-electron chi connectivity index (χ3n) is 4.45. The van der Waals surface area contributed by atoms with Crippen LogP contribution in [0.5, 0.6) is 0 Å². The van der Waals surface area contributed by atoms with Crippen molar-refractivity contribution in [3.63, 3.8) is 0 Å². The van der Waals surface area contributed by atoms with E-state index in [1.807, 2.05) is 13.0 Å². The van der Waals surface area contributed by atoms with Gasteiger partial charge in [-0.25, -0.2) is 8.42 Å². The first-order valence-corrected chi connectivity index (χ1v) is 9.00. The summed E-state index contributed by atoms with van der Waals surface area (Å²) >= 11 is 5.87. The Hall–Kier alpha value is -0.580. The first-order chi connectivity index (χ1) is 9.37. The monoisotopic (exact) mass is 315 g/mol. The molecule has 0 saturated carbocycles. The van der Waals surface area contributed by atoms with Crippen LogP contribution in [-0.4, -0.2) is 25.8 Å². The predicted molar refractivity (Wildman–Crippen MR) is 82.4 cm³/mol. The molecule has 0 radical (unpaired) electrons. The Bertz CT molecular complexity index is 586. The van der Waals surface area contributed by atoms with E-state index in [0.29, 0.717) is 35.7 Å². The van der Waals surface area contributed by atoms with Gasteiger partial charge < -0.3 is 0 Å². The van der Waals surface area contributed by atoms with Crippen LogP contribution >= 0.6 is 11.6 Å². The molecule has 1 fully saturated rings. The van der Waals surface area contributed by atoms with Crippen LogP contribution in [0, 0.1) is 18.8 Å². The van der Waals surface area contributed by atoms with Gasteiger partial charge in [-0.05, 0) is 42.4 Å². The summed E-state index contributed by atoms with van der Waals surface area (Å²) in [6.07, 6.45) is 0.925. The fraction of sp³-hybridized carbons (Fsp3) is 0.600. The zero-order valence-electron chi connectivity index (χ0n) is 12.3. The molecule has 5 heteroatoms. The molecule has 1 saturated heterocycles. The van der Waals surface area contributed by atoms with Crippen LogP contribution in [0.3, 0.4) is 0 Å². The van der Waals surface area contributed by atoms with Gasteiger partial charge in [0.25, 0.3) is 0 Å². The third-order valence-corrected chi connectivity index (χ3v) is 6.75. The highest BCUT2D eigenvalue weighted by atomic mass is 35.5. The molecule has 112 valence electrons. The highest BCUT2D eigenvalue weighted by Gasteiger charge is 2.32. The molecule has 1 aliphatic rings. The van der Waals surface area contributed by atoms with Crippen LogP contribution in [0.25, 0.3) is 0 Å². The van der Waals surface area contributed by atoms with Crippen LogP contribution < -0.4 is 0 Å². The number of sulfonamides is 1. The Labute approximate surface area is 127 Å². The van der Waals surface area contributed by atoms with Gasteiger partial charge in [-0.3, -0.25) is 0 Å². The van der Waals surface area contributed by atoms with E-state index in [0.717, 1.165) is 17.5 Å². The maximum Gasteiger partial charge on any atom is 0.243 e. The number of nitrogens with zero attached hydrogens (tertiary/aromatic N) is 1. The summed E-state index contributed by atoms with van der Waals surface area (Å²) in [4.78, 5) is 0.400. The van der Waals surface area contributed by atoms with Crippen LogP contribution in [0.2, 0.25) is 0 Å². The quantitative estimate of drug-likeness (QED) is 0.802. The lowest BCUT2D eigenvalue weighted by Gasteiger charge is -2.34. The van der Waals surface area contributed by atoms with Gasteiger partial charge in [0.2, 0.25) is 10.0 Å². The van der Waals surface area contributed by atoms with E-state index in [4.69, 9.17) is 11.6 Å². The van der Waals surface area contributed by atoms with Crippen LogP contribution in [0.4, 0.5) is 0 Å². The third kappa shape index (κ3) is 2.87. The zero-order valence-corrected chi connectivity index (χ0v) is 13.8. The molecule has 1 aromatic rings. The van der Waals surface area contributed by atoms with Gasteiger partial charge in [0.15, 0.2) is 0 Å². The Morgan fingerprint density at radius 1 is 1.30 bits per heavy atom. The second kappa shape index (κ2) is 6.04. The highest BCUT2D eigenvalue weighted by Crippen LogP contribution is 2.29. The molecule has 0 bridgehead atoms. The van der Waals surface area contributed by atoms with Crippen molar-refractivity contribution >= 4 is 21.6 Å². The van der Waals surface area contributed by atoms with Crippen molar-refractivity contribution in [1.82, 2.24) is 4.31 Å². The van der Waals surface area contributed by atoms with E-state index in [2.05, 4.69) is 13.8 Å². The fourth-order valence-corrected chi connectivity index (χ4v) is 4.78. The van der Waals surface area contributed by atoms with Crippen LogP contribution in [0.1, 0.15) is 31.4 Å².